The summed E-state index contributed by atoms with van der Waals surface area (Å²) in [5.74, 6) is 0.997. The molecule has 1 aliphatic carbocycles. The highest BCUT2D eigenvalue weighted by Crippen LogP contribution is 2.40. The highest BCUT2D eigenvalue weighted by Gasteiger charge is 2.32. The number of benzene rings is 1. The Kier molecular flexibility index (Phi) is 4.77. The molecule has 1 unspecified atom stereocenters. The fraction of sp³-hybridized carbons (Fsp3) is 0.591. The molecular formula is C22H30N2O3. The molecule has 5 nitrogen and oxygen atoms in total. The third-order valence-corrected chi connectivity index (χ3v) is 6.27. The third kappa shape index (κ3) is 3.63. The van der Waals surface area contributed by atoms with Crippen molar-refractivity contribution in [2.24, 2.45) is 17.6 Å². The maximum atomic E-state index is 11.7. The van der Waals surface area contributed by atoms with Crippen LogP contribution in [-0.2, 0) is 24.1 Å². The van der Waals surface area contributed by atoms with Crippen molar-refractivity contribution in [1.29, 1.82) is 0 Å². The molecule has 1 amide bonds. The van der Waals surface area contributed by atoms with Gasteiger partial charge in [-0.15, -0.1) is 0 Å². The Morgan fingerprint density at radius 1 is 1.26 bits per heavy atom. The highest BCUT2D eigenvalue weighted by molar-refractivity contribution is 5.98. The average Bonchev–Trinajstić information content (AvgIpc) is 2.93. The minimum atomic E-state index is -0.792. The number of aliphatic hydroxyl groups is 1. The van der Waals surface area contributed by atoms with Gasteiger partial charge < -0.3 is 20.1 Å². The van der Waals surface area contributed by atoms with Gasteiger partial charge in [0, 0.05) is 35.4 Å². The molecule has 4 rings (SSSR count). The van der Waals surface area contributed by atoms with Gasteiger partial charge in [0.25, 0.3) is 0 Å². The molecular weight excluding hydrogens is 340 g/mol. The number of nitrogens with two attached hydrogens (primary N) is 1. The second-order valence-electron chi connectivity index (χ2n) is 8.87. The molecule has 1 aromatic heterocycles. The van der Waals surface area contributed by atoms with Gasteiger partial charge in [0.1, 0.15) is 0 Å². The van der Waals surface area contributed by atoms with Gasteiger partial charge in [0.05, 0.1) is 12.1 Å². The van der Waals surface area contributed by atoms with Crippen LogP contribution in [0.1, 0.15) is 54.7 Å². The van der Waals surface area contributed by atoms with Crippen molar-refractivity contribution in [3.63, 3.8) is 0 Å². The Labute approximate surface area is 160 Å². The van der Waals surface area contributed by atoms with E-state index in [-0.39, 0.29) is 0 Å². The van der Waals surface area contributed by atoms with Crippen molar-refractivity contribution in [3.05, 3.63) is 35.0 Å². The molecule has 1 aromatic carbocycles. The molecule has 27 heavy (non-hydrogen) atoms. The van der Waals surface area contributed by atoms with Crippen LogP contribution in [0.15, 0.2) is 18.2 Å². The first-order chi connectivity index (χ1) is 12.8. The van der Waals surface area contributed by atoms with Crippen LogP contribution in [0.5, 0.6) is 0 Å². The van der Waals surface area contributed by atoms with E-state index in [1.807, 2.05) is 26.0 Å². The van der Waals surface area contributed by atoms with E-state index in [4.69, 9.17) is 10.5 Å². The molecule has 2 aliphatic rings. The van der Waals surface area contributed by atoms with Crippen molar-refractivity contribution in [3.8, 4) is 0 Å². The summed E-state index contributed by atoms with van der Waals surface area (Å²) in [4.78, 5) is 11.7. The summed E-state index contributed by atoms with van der Waals surface area (Å²) in [6.45, 7) is 5.99. The quantitative estimate of drug-likeness (QED) is 0.868. The molecule has 2 aromatic rings. The zero-order valence-electron chi connectivity index (χ0n) is 16.3. The fourth-order valence-electron chi connectivity index (χ4n) is 4.99. The lowest BCUT2D eigenvalue weighted by Crippen LogP contribution is -2.30. The number of amides is 1. The first-order valence-corrected chi connectivity index (χ1v) is 10.1. The summed E-state index contributed by atoms with van der Waals surface area (Å²) in [5, 5.41) is 11.6. The molecule has 1 saturated heterocycles. The lowest BCUT2D eigenvalue weighted by Gasteiger charge is -2.34. The maximum absolute atomic E-state index is 11.7. The van der Waals surface area contributed by atoms with Crippen LogP contribution in [0.4, 0.5) is 0 Å². The maximum Gasteiger partial charge on any atom is 0.248 e. The lowest BCUT2D eigenvalue weighted by atomic mass is 9.75. The zero-order valence-corrected chi connectivity index (χ0v) is 16.3. The first kappa shape index (κ1) is 18.5. The van der Waals surface area contributed by atoms with E-state index in [0.29, 0.717) is 18.0 Å². The predicted molar refractivity (Wildman–Crippen MR) is 106 cm³/mol. The molecule has 2 heterocycles. The van der Waals surface area contributed by atoms with Crippen LogP contribution in [0.3, 0.4) is 0 Å². The van der Waals surface area contributed by atoms with Crippen LogP contribution in [0.25, 0.3) is 10.9 Å². The molecule has 0 saturated carbocycles. The zero-order chi connectivity index (χ0) is 19.2. The largest absolute Gasteiger partial charge is 0.389 e. The molecule has 1 aliphatic heterocycles. The summed E-state index contributed by atoms with van der Waals surface area (Å²) < 4.78 is 7.81. The van der Waals surface area contributed by atoms with Crippen LogP contribution in [0.2, 0.25) is 0 Å². The summed E-state index contributed by atoms with van der Waals surface area (Å²) in [6, 6.07) is 5.74. The Morgan fingerprint density at radius 3 is 2.67 bits per heavy atom. The second kappa shape index (κ2) is 6.95. The van der Waals surface area contributed by atoms with Gasteiger partial charge in [-0.1, -0.05) is 0 Å². The minimum absolute atomic E-state index is 0.391. The second-order valence-corrected chi connectivity index (χ2v) is 8.87. The fourth-order valence-corrected chi connectivity index (χ4v) is 4.99. The normalized spacial score (nSPS) is 21.4. The number of hydrogen-bond acceptors (Lipinski definition) is 3. The third-order valence-electron chi connectivity index (χ3n) is 6.27. The summed E-state index contributed by atoms with van der Waals surface area (Å²) >= 11 is 0. The van der Waals surface area contributed by atoms with Gasteiger partial charge in [0.2, 0.25) is 5.91 Å². The Balaban J connectivity index is 1.78. The van der Waals surface area contributed by atoms with Gasteiger partial charge in [-0.05, 0) is 81.5 Å². The van der Waals surface area contributed by atoms with Crippen LogP contribution in [-0.4, -0.2) is 34.4 Å². The number of rotatable bonds is 4. The predicted octanol–water partition coefficient (Wildman–Crippen LogP) is 3.04. The number of primary amides is 1. The molecule has 0 radical (unpaired) electrons. The lowest BCUT2D eigenvalue weighted by molar-refractivity contribution is 0.0432. The first-order valence-electron chi connectivity index (χ1n) is 10.1. The van der Waals surface area contributed by atoms with Gasteiger partial charge in [-0.3, -0.25) is 4.79 Å². The Morgan fingerprint density at radius 2 is 2.00 bits per heavy atom. The van der Waals surface area contributed by atoms with Crippen molar-refractivity contribution in [1.82, 2.24) is 4.57 Å². The number of nitrogens with zero attached hydrogens (tertiary/aromatic N) is 1. The SMILES string of the molecule is CC(C)(O)Cn1c2c(c3cc(C(N)=O)ccc31)CC(C1CCOCC1)CC2. The van der Waals surface area contributed by atoms with Gasteiger partial charge in [-0.2, -0.15) is 0 Å². The van der Waals surface area contributed by atoms with Crippen molar-refractivity contribution < 1.29 is 14.6 Å². The highest BCUT2D eigenvalue weighted by atomic mass is 16.5. The van der Waals surface area contributed by atoms with Crippen molar-refractivity contribution in [2.45, 2.75) is 58.1 Å². The van der Waals surface area contributed by atoms with Crippen molar-refractivity contribution in [2.75, 3.05) is 13.2 Å². The number of hydrogen-bond donors (Lipinski definition) is 2. The van der Waals surface area contributed by atoms with E-state index in [1.165, 1.54) is 17.7 Å². The smallest absolute Gasteiger partial charge is 0.248 e. The van der Waals surface area contributed by atoms with Gasteiger partial charge in [-0.25, -0.2) is 0 Å². The molecule has 5 heteroatoms. The summed E-state index contributed by atoms with van der Waals surface area (Å²) in [6.07, 6.45) is 5.54. The number of carbonyl (C=O) groups excluding carboxylic acids is 1. The molecule has 1 atom stereocenters. The van der Waals surface area contributed by atoms with E-state index in [2.05, 4.69) is 4.57 Å². The van der Waals surface area contributed by atoms with E-state index in [1.54, 1.807) is 6.07 Å². The molecule has 0 spiro atoms. The Hall–Kier alpha value is -1.85. The van der Waals surface area contributed by atoms with Crippen molar-refractivity contribution >= 4 is 16.8 Å². The average molecular weight is 370 g/mol. The summed E-state index contributed by atoms with van der Waals surface area (Å²) in [7, 11) is 0. The van der Waals surface area contributed by atoms with E-state index >= 15 is 0 Å². The monoisotopic (exact) mass is 370 g/mol. The standard InChI is InChI=1S/C22H30N2O3/c1-22(2,26)13-24-19-5-3-15(14-7-9-27-10-8-14)11-17(19)18-12-16(21(23)25)4-6-20(18)24/h4,6,12,14-15,26H,3,5,7-11,13H2,1-2H3,(H2,23,25). The number of aromatic nitrogens is 1. The minimum Gasteiger partial charge on any atom is -0.389 e. The van der Waals surface area contributed by atoms with Crippen LogP contribution < -0.4 is 5.73 Å². The number of fused-ring (bicyclic) bond motifs is 3. The molecule has 3 N–H and O–H groups in total. The van der Waals surface area contributed by atoms with Crippen LogP contribution in [0, 0.1) is 11.8 Å². The molecule has 1 fully saturated rings. The van der Waals surface area contributed by atoms with E-state index < -0.39 is 11.5 Å². The Bertz CT molecular complexity index is 857. The van der Waals surface area contributed by atoms with Gasteiger partial charge in [0.15, 0.2) is 0 Å². The van der Waals surface area contributed by atoms with E-state index in [9.17, 15) is 9.90 Å². The van der Waals surface area contributed by atoms with Crippen LogP contribution >= 0.6 is 0 Å². The number of ether oxygens (including phenoxy) is 1. The molecule has 146 valence electrons. The van der Waals surface area contributed by atoms with E-state index in [0.717, 1.165) is 55.7 Å². The van der Waals surface area contributed by atoms with Gasteiger partial charge >= 0.3 is 0 Å². The summed E-state index contributed by atoms with van der Waals surface area (Å²) in [5.41, 5.74) is 9.06. The molecule has 0 bridgehead atoms. The number of carbonyl (C=O) groups is 1. The topological polar surface area (TPSA) is 77.5 Å².